The summed E-state index contributed by atoms with van der Waals surface area (Å²) < 4.78 is 0. The summed E-state index contributed by atoms with van der Waals surface area (Å²) in [5.41, 5.74) is 0.364. The first kappa shape index (κ1) is 14.4. The van der Waals surface area contributed by atoms with Crippen molar-refractivity contribution in [2.24, 2.45) is 0 Å². The number of hydrogen-bond donors (Lipinski definition) is 2. The van der Waals surface area contributed by atoms with Crippen LogP contribution in [0.5, 0.6) is 0 Å². The Morgan fingerprint density at radius 1 is 1.19 bits per heavy atom. The van der Waals surface area contributed by atoms with Crippen LogP contribution >= 0.6 is 0 Å². The van der Waals surface area contributed by atoms with Crippen LogP contribution in [-0.4, -0.2) is 22.2 Å². The molecule has 0 aliphatic carbocycles. The van der Waals surface area contributed by atoms with Crippen molar-refractivity contribution in [2.45, 2.75) is 39.0 Å². The smallest absolute Gasteiger partial charge is 0.331 e. The Morgan fingerprint density at radius 3 is 2.38 bits per heavy atom. The highest BCUT2D eigenvalue weighted by Gasteiger charge is 2.05. The summed E-state index contributed by atoms with van der Waals surface area (Å²) in [6.07, 6.45) is 7.83. The lowest BCUT2D eigenvalue weighted by Crippen LogP contribution is -2.00. The fourth-order valence-corrected chi connectivity index (χ4v) is 1.24. The number of carboxylic acid groups (broad SMARTS) is 2. The molecule has 0 bridgehead atoms. The lowest BCUT2D eigenvalue weighted by molar-refractivity contribution is -0.133. The lowest BCUT2D eigenvalue weighted by Gasteiger charge is -2.00. The van der Waals surface area contributed by atoms with E-state index < -0.39 is 11.9 Å². The normalized spacial score (nSPS) is 11.9. The summed E-state index contributed by atoms with van der Waals surface area (Å²) in [6.45, 7) is 2.06. The van der Waals surface area contributed by atoms with Gasteiger partial charge in [0.25, 0.3) is 0 Å². The van der Waals surface area contributed by atoms with Crippen LogP contribution in [-0.2, 0) is 9.59 Å². The van der Waals surface area contributed by atoms with Gasteiger partial charge >= 0.3 is 11.9 Å². The molecular weight excluding hydrogens is 208 g/mol. The van der Waals surface area contributed by atoms with Gasteiger partial charge in [0.2, 0.25) is 0 Å². The van der Waals surface area contributed by atoms with Crippen LogP contribution < -0.4 is 0 Å². The largest absolute Gasteiger partial charge is 0.478 e. The van der Waals surface area contributed by atoms with Gasteiger partial charge in [-0.25, -0.2) is 9.59 Å². The molecule has 0 aromatic carbocycles. The summed E-state index contributed by atoms with van der Waals surface area (Å²) in [7, 11) is 0. The maximum atomic E-state index is 10.8. The first-order chi connectivity index (χ1) is 7.57. The molecule has 0 fully saturated rings. The second-order valence-electron chi connectivity index (χ2n) is 3.47. The van der Waals surface area contributed by atoms with Crippen molar-refractivity contribution in [1.29, 1.82) is 0 Å². The molecule has 0 aliphatic heterocycles. The van der Waals surface area contributed by atoms with Crippen molar-refractivity contribution in [3.05, 3.63) is 23.8 Å². The monoisotopic (exact) mass is 226 g/mol. The predicted molar refractivity (Wildman–Crippen MR) is 61.3 cm³/mol. The van der Waals surface area contributed by atoms with E-state index in [-0.39, 0.29) is 0 Å². The van der Waals surface area contributed by atoms with Crippen molar-refractivity contribution in [3.63, 3.8) is 0 Å². The maximum Gasteiger partial charge on any atom is 0.331 e. The molecule has 2 N–H and O–H groups in total. The number of carboxylic acids is 2. The Bertz CT molecular complexity index is 289. The van der Waals surface area contributed by atoms with Crippen LogP contribution in [0.1, 0.15) is 39.0 Å². The van der Waals surface area contributed by atoms with Gasteiger partial charge in [-0.2, -0.15) is 0 Å². The lowest BCUT2D eigenvalue weighted by atomic mass is 10.1. The summed E-state index contributed by atoms with van der Waals surface area (Å²) >= 11 is 0. The van der Waals surface area contributed by atoms with Crippen molar-refractivity contribution in [3.8, 4) is 0 Å². The van der Waals surface area contributed by atoms with E-state index in [9.17, 15) is 9.59 Å². The van der Waals surface area contributed by atoms with E-state index in [2.05, 4.69) is 6.92 Å². The first-order valence-electron chi connectivity index (χ1n) is 5.39. The highest BCUT2D eigenvalue weighted by molar-refractivity contribution is 5.86. The molecule has 0 heterocycles. The third-order valence-electron chi connectivity index (χ3n) is 2.09. The van der Waals surface area contributed by atoms with Crippen molar-refractivity contribution in [1.82, 2.24) is 0 Å². The molecule has 0 aromatic heterocycles. The number of unbranched alkanes of at least 4 members (excludes halogenated alkanes) is 2. The Labute approximate surface area is 95.3 Å². The highest BCUT2D eigenvalue weighted by atomic mass is 16.4. The SMILES string of the molecule is CCCCC/C(=C\C/C=C/C(=O)O)C(=O)O. The van der Waals surface area contributed by atoms with Crippen LogP contribution in [0.3, 0.4) is 0 Å². The minimum Gasteiger partial charge on any atom is -0.478 e. The van der Waals surface area contributed by atoms with E-state index in [1.54, 1.807) is 6.08 Å². The fraction of sp³-hybridized carbons (Fsp3) is 0.500. The van der Waals surface area contributed by atoms with Gasteiger partial charge in [-0.1, -0.05) is 31.9 Å². The van der Waals surface area contributed by atoms with Gasteiger partial charge in [-0.15, -0.1) is 0 Å². The van der Waals surface area contributed by atoms with Gasteiger partial charge in [0.1, 0.15) is 0 Å². The van der Waals surface area contributed by atoms with Crippen LogP contribution in [0.4, 0.5) is 0 Å². The van der Waals surface area contributed by atoms with Gasteiger partial charge in [-0.05, 0) is 19.3 Å². The Hall–Kier alpha value is -1.58. The third kappa shape index (κ3) is 7.79. The minimum atomic E-state index is -1.02. The molecule has 4 heteroatoms. The standard InChI is InChI=1S/C12H18O4/c1-2-3-4-7-10(12(15)16)8-5-6-9-11(13)14/h6,8-9H,2-5,7H2,1H3,(H,13,14)(H,15,16)/b9-6+,10-8+. The average molecular weight is 226 g/mol. The number of allylic oxidation sites excluding steroid dienone is 2. The molecule has 0 saturated heterocycles. The van der Waals surface area contributed by atoms with Crippen LogP contribution in [0.15, 0.2) is 23.8 Å². The molecule has 0 rings (SSSR count). The Balaban J connectivity index is 4.14. The van der Waals surface area contributed by atoms with E-state index in [0.29, 0.717) is 18.4 Å². The van der Waals surface area contributed by atoms with Crippen molar-refractivity contribution >= 4 is 11.9 Å². The van der Waals surface area contributed by atoms with Gasteiger partial charge in [0.15, 0.2) is 0 Å². The number of carbonyl (C=O) groups is 2. The highest BCUT2D eigenvalue weighted by Crippen LogP contribution is 2.10. The molecule has 0 radical (unpaired) electrons. The van der Waals surface area contributed by atoms with Gasteiger partial charge in [-0.3, -0.25) is 0 Å². The molecule has 0 aliphatic rings. The summed E-state index contributed by atoms with van der Waals surface area (Å²) in [4.78, 5) is 21.0. The van der Waals surface area contributed by atoms with Gasteiger partial charge < -0.3 is 10.2 Å². The van der Waals surface area contributed by atoms with E-state index in [1.807, 2.05) is 0 Å². The minimum absolute atomic E-state index is 0.347. The molecule has 90 valence electrons. The summed E-state index contributed by atoms with van der Waals surface area (Å²) in [5.74, 6) is -1.93. The molecule has 4 nitrogen and oxygen atoms in total. The molecule has 0 saturated carbocycles. The van der Waals surface area contributed by atoms with Gasteiger partial charge in [0.05, 0.1) is 0 Å². The Kier molecular flexibility index (Phi) is 7.85. The molecule has 0 aromatic rings. The molecule has 0 spiro atoms. The van der Waals surface area contributed by atoms with E-state index in [0.717, 1.165) is 25.3 Å². The number of hydrogen-bond acceptors (Lipinski definition) is 2. The zero-order valence-electron chi connectivity index (χ0n) is 9.48. The molecule has 16 heavy (non-hydrogen) atoms. The van der Waals surface area contributed by atoms with Crippen molar-refractivity contribution < 1.29 is 19.8 Å². The average Bonchev–Trinajstić information content (AvgIpc) is 2.21. The second-order valence-corrected chi connectivity index (χ2v) is 3.47. The molecular formula is C12H18O4. The zero-order chi connectivity index (χ0) is 12.4. The van der Waals surface area contributed by atoms with E-state index in [1.165, 1.54) is 6.08 Å². The zero-order valence-corrected chi connectivity index (χ0v) is 9.48. The third-order valence-corrected chi connectivity index (χ3v) is 2.09. The van der Waals surface area contributed by atoms with E-state index >= 15 is 0 Å². The molecule has 0 atom stereocenters. The topological polar surface area (TPSA) is 74.6 Å². The van der Waals surface area contributed by atoms with Crippen LogP contribution in [0.25, 0.3) is 0 Å². The van der Waals surface area contributed by atoms with E-state index in [4.69, 9.17) is 10.2 Å². The quantitative estimate of drug-likeness (QED) is 0.492. The molecule has 0 unspecified atom stereocenters. The molecule has 0 amide bonds. The van der Waals surface area contributed by atoms with Crippen LogP contribution in [0.2, 0.25) is 0 Å². The number of aliphatic carboxylic acids is 2. The first-order valence-corrected chi connectivity index (χ1v) is 5.39. The Morgan fingerprint density at radius 2 is 1.88 bits per heavy atom. The predicted octanol–water partition coefficient (Wildman–Crippen LogP) is 2.61. The van der Waals surface area contributed by atoms with Gasteiger partial charge in [0, 0.05) is 11.6 Å². The second kappa shape index (κ2) is 8.71. The number of rotatable bonds is 8. The summed E-state index contributed by atoms with van der Waals surface area (Å²) in [6, 6.07) is 0. The summed E-state index contributed by atoms with van der Waals surface area (Å²) in [5, 5.41) is 17.2. The fourth-order valence-electron chi connectivity index (χ4n) is 1.24. The van der Waals surface area contributed by atoms with Crippen LogP contribution in [0, 0.1) is 0 Å². The van der Waals surface area contributed by atoms with Crippen molar-refractivity contribution in [2.75, 3.05) is 0 Å². The maximum absolute atomic E-state index is 10.8.